The Morgan fingerprint density at radius 1 is 1.00 bits per heavy atom. The Hall–Kier alpha value is -2.07. The number of fused-ring (bicyclic) bond motifs is 1. The maximum atomic E-state index is 13.1. The van der Waals surface area contributed by atoms with Crippen LogP contribution >= 0.6 is 0 Å². The second-order valence-corrected chi connectivity index (χ2v) is 7.31. The summed E-state index contributed by atoms with van der Waals surface area (Å²) in [5, 5.41) is 0.960. The van der Waals surface area contributed by atoms with Crippen molar-refractivity contribution in [3.63, 3.8) is 0 Å². The van der Waals surface area contributed by atoms with Crippen LogP contribution in [-0.2, 0) is 16.4 Å². The number of benzene rings is 2. The number of nitrogens with zero attached hydrogens (tertiary/aromatic N) is 1. The monoisotopic (exact) mass is 313 g/mol. The highest BCUT2D eigenvalue weighted by molar-refractivity contribution is 7.90. The highest BCUT2D eigenvalue weighted by Gasteiger charge is 2.22. The van der Waals surface area contributed by atoms with Crippen LogP contribution in [0, 0.1) is 6.92 Å². The molecule has 0 aliphatic carbocycles. The van der Waals surface area contributed by atoms with E-state index in [0.29, 0.717) is 4.90 Å². The van der Waals surface area contributed by atoms with Gasteiger partial charge in [0.25, 0.3) is 10.0 Å². The first-order valence-electron chi connectivity index (χ1n) is 7.45. The Balaban J connectivity index is 2.27. The van der Waals surface area contributed by atoms with E-state index in [1.807, 2.05) is 49.4 Å². The minimum Gasteiger partial charge on any atom is -0.238 e. The molecule has 0 saturated carbocycles. The molecule has 1 aromatic heterocycles. The summed E-state index contributed by atoms with van der Waals surface area (Å²) in [6, 6.07) is 16.6. The lowest BCUT2D eigenvalue weighted by Crippen LogP contribution is -2.15. The van der Waals surface area contributed by atoms with E-state index in [4.69, 9.17) is 0 Å². The van der Waals surface area contributed by atoms with Gasteiger partial charge in [0.15, 0.2) is 0 Å². The van der Waals surface area contributed by atoms with Crippen molar-refractivity contribution in [3.8, 4) is 0 Å². The molecule has 0 aliphatic rings. The molecule has 0 aliphatic heterocycles. The summed E-state index contributed by atoms with van der Waals surface area (Å²) in [5.41, 5.74) is 2.63. The second kappa shape index (κ2) is 5.61. The first-order chi connectivity index (χ1) is 10.5. The Bertz CT molecular complexity index is 906. The van der Waals surface area contributed by atoms with Crippen molar-refractivity contribution in [2.75, 3.05) is 0 Å². The van der Waals surface area contributed by atoms with Crippen LogP contribution in [0.4, 0.5) is 0 Å². The van der Waals surface area contributed by atoms with Crippen LogP contribution in [0.5, 0.6) is 0 Å². The van der Waals surface area contributed by atoms with Crippen molar-refractivity contribution in [1.29, 1.82) is 0 Å². The third-order valence-electron chi connectivity index (χ3n) is 3.80. The highest BCUT2D eigenvalue weighted by Crippen LogP contribution is 2.26. The minimum absolute atomic E-state index is 0.330. The molecule has 0 N–H and O–H groups in total. The maximum Gasteiger partial charge on any atom is 0.268 e. The molecule has 1 heterocycles. The van der Waals surface area contributed by atoms with E-state index in [0.717, 1.165) is 35.0 Å². The number of hydrogen-bond acceptors (Lipinski definition) is 2. The molecular weight excluding hydrogens is 294 g/mol. The van der Waals surface area contributed by atoms with E-state index in [2.05, 4.69) is 6.92 Å². The summed E-state index contributed by atoms with van der Waals surface area (Å²) in [7, 11) is -3.58. The molecule has 22 heavy (non-hydrogen) atoms. The lowest BCUT2D eigenvalue weighted by Gasteiger charge is -2.12. The van der Waals surface area contributed by atoms with Gasteiger partial charge in [0, 0.05) is 11.1 Å². The number of hydrogen-bond donors (Lipinski definition) is 0. The Morgan fingerprint density at radius 2 is 1.68 bits per heavy atom. The summed E-state index contributed by atoms with van der Waals surface area (Å²) in [4.78, 5) is 0.330. The topological polar surface area (TPSA) is 39.1 Å². The summed E-state index contributed by atoms with van der Waals surface area (Å²) in [6.45, 7) is 4.00. The number of rotatable bonds is 4. The van der Waals surface area contributed by atoms with Crippen LogP contribution in [-0.4, -0.2) is 12.4 Å². The van der Waals surface area contributed by atoms with Crippen molar-refractivity contribution in [2.24, 2.45) is 0 Å². The van der Waals surface area contributed by atoms with Gasteiger partial charge in [-0.15, -0.1) is 0 Å². The fraction of sp³-hybridized carbons (Fsp3) is 0.222. The molecule has 0 radical (unpaired) electrons. The van der Waals surface area contributed by atoms with Crippen molar-refractivity contribution in [3.05, 3.63) is 65.9 Å². The SMILES string of the molecule is CCCc1cc2ccccc2n1S(=O)(=O)c1ccc(C)cc1. The van der Waals surface area contributed by atoms with E-state index in [1.165, 1.54) is 3.97 Å². The molecule has 0 bridgehead atoms. The average Bonchev–Trinajstić information content (AvgIpc) is 2.86. The normalized spacial score (nSPS) is 11.9. The van der Waals surface area contributed by atoms with Crippen LogP contribution in [0.3, 0.4) is 0 Å². The summed E-state index contributed by atoms with van der Waals surface area (Å²) >= 11 is 0. The van der Waals surface area contributed by atoms with Gasteiger partial charge in [0.2, 0.25) is 0 Å². The van der Waals surface area contributed by atoms with Gasteiger partial charge < -0.3 is 0 Å². The molecular formula is C18H19NO2S. The molecule has 0 amide bonds. The standard InChI is InChI=1S/C18H19NO2S/c1-3-6-16-13-15-7-4-5-8-18(15)19(16)22(20,21)17-11-9-14(2)10-12-17/h4-5,7-13H,3,6H2,1-2H3. The first-order valence-corrected chi connectivity index (χ1v) is 8.89. The molecule has 0 fully saturated rings. The van der Waals surface area contributed by atoms with E-state index in [-0.39, 0.29) is 0 Å². The van der Waals surface area contributed by atoms with E-state index in [1.54, 1.807) is 12.1 Å². The van der Waals surface area contributed by atoms with Crippen LogP contribution in [0.2, 0.25) is 0 Å². The first kappa shape index (κ1) is 14.9. The van der Waals surface area contributed by atoms with Crippen molar-refractivity contribution < 1.29 is 8.42 Å². The zero-order chi connectivity index (χ0) is 15.7. The Morgan fingerprint density at radius 3 is 2.36 bits per heavy atom. The number of aryl methyl sites for hydroxylation is 2. The summed E-state index contributed by atoms with van der Waals surface area (Å²) in [6.07, 6.45) is 1.64. The molecule has 114 valence electrons. The molecule has 0 spiro atoms. The third kappa shape index (κ3) is 2.44. The van der Waals surface area contributed by atoms with Gasteiger partial charge in [-0.3, -0.25) is 0 Å². The molecule has 3 nitrogen and oxygen atoms in total. The van der Waals surface area contributed by atoms with E-state index < -0.39 is 10.0 Å². The largest absolute Gasteiger partial charge is 0.268 e. The van der Waals surface area contributed by atoms with Crippen LogP contribution < -0.4 is 0 Å². The van der Waals surface area contributed by atoms with E-state index in [9.17, 15) is 8.42 Å². The molecule has 3 rings (SSSR count). The zero-order valence-electron chi connectivity index (χ0n) is 12.8. The van der Waals surface area contributed by atoms with Crippen LogP contribution in [0.15, 0.2) is 59.5 Å². The Kier molecular flexibility index (Phi) is 3.79. The predicted octanol–water partition coefficient (Wildman–Crippen LogP) is 4.14. The highest BCUT2D eigenvalue weighted by atomic mass is 32.2. The molecule has 3 aromatic rings. The van der Waals surface area contributed by atoms with Gasteiger partial charge in [-0.2, -0.15) is 0 Å². The van der Waals surface area contributed by atoms with Gasteiger partial charge >= 0.3 is 0 Å². The molecule has 0 unspecified atom stereocenters. The Labute approximate surface area is 131 Å². The van der Waals surface area contributed by atoms with Crippen LogP contribution in [0.25, 0.3) is 10.9 Å². The van der Waals surface area contributed by atoms with Crippen molar-refractivity contribution in [1.82, 2.24) is 3.97 Å². The lowest BCUT2D eigenvalue weighted by molar-refractivity contribution is 0.586. The number of aromatic nitrogens is 1. The van der Waals surface area contributed by atoms with Gasteiger partial charge in [-0.25, -0.2) is 12.4 Å². The molecule has 4 heteroatoms. The van der Waals surface area contributed by atoms with Gasteiger partial charge in [0.05, 0.1) is 10.4 Å². The van der Waals surface area contributed by atoms with Gasteiger partial charge in [-0.1, -0.05) is 49.2 Å². The number of para-hydroxylation sites is 1. The third-order valence-corrected chi connectivity index (χ3v) is 5.58. The van der Waals surface area contributed by atoms with Gasteiger partial charge in [-0.05, 0) is 37.6 Å². The zero-order valence-corrected chi connectivity index (χ0v) is 13.6. The minimum atomic E-state index is -3.58. The fourth-order valence-corrected chi connectivity index (χ4v) is 4.29. The average molecular weight is 313 g/mol. The molecule has 0 atom stereocenters. The van der Waals surface area contributed by atoms with Crippen molar-refractivity contribution >= 4 is 20.9 Å². The van der Waals surface area contributed by atoms with Gasteiger partial charge in [0.1, 0.15) is 0 Å². The van der Waals surface area contributed by atoms with E-state index >= 15 is 0 Å². The van der Waals surface area contributed by atoms with Crippen LogP contribution in [0.1, 0.15) is 24.6 Å². The molecule has 2 aromatic carbocycles. The predicted molar refractivity (Wildman–Crippen MR) is 89.7 cm³/mol. The summed E-state index contributed by atoms with van der Waals surface area (Å²) in [5.74, 6) is 0. The lowest BCUT2D eigenvalue weighted by atomic mass is 10.2. The fourth-order valence-electron chi connectivity index (χ4n) is 2.72. The maximum absolute atomic E-state index is 13.1. The smallest absolute Gasteiger partial charge is 0.238 e. The summed E-state index contributed by atoms with van der Waals surface area (Å²) < 4.78 is 27.7. The van der Waals surface area contributed by atoms with Crippen molar-refractivity contribution in [2.45, 2.75) is 31.6 Å². The molecule has 0 saturated heterocycles. The quantitative estimate of drug-likeness (QED) is 0.726. The second-order valence-electron chi connectivity index (χ2n) is 5.53.